The van der Waals surface area contributed by atoms with Gasteiger partial charge in [0.25, 0.3) is 0 Å². The number of nitrogens with two attached hydrogens (primary N) is 1. The molecule has 0 aliphatic heterocycles. The number of rotatable bonds is 21. The van der Waals surface area contributed by atoms with Gasteiger partial charge < -0.3 is 15.2 Å². The Bertz CT molecular complexity index is 741. The Morgan fingerprint density at radius 3 is 1.62 bits per heavy atom. The number of unbranched alkanes of at least 4 members (excludes halogenated alkanes) is 14. The van der Waals surface area contributed by atoms with Crippen LogP contribution in [0.2, 0.25) is 0 Å². The van der Waals surface area contributed by atoms with E-state index in [0.29, 0.717) is 0 Å². The molecule has 2 aromatic rings. The van der Waals surface area contributed by atoms with Gasteiger partial charge in [0.15, 0.2) is 11.5 Å². The Hall–Kier alpha value is -1.68. The summed E-state index contributed by atoms with van der Waals surface area (Å²) in [4.78, 5) is 1.14. The Balaban J connectivity index is 1.79. The molecule has 0 saturated carbocycles. The zero-order chi connectivity index (χ0) is 24.3. The Morgan fingerprint density at radius 2 is 1.09 bits per heavy atom. The summed E-state index contributed by atoms with van der Waals surface area (Å²) in [6.45, 7) is 6.06. The standard InChI is InChI=1S/C30H49NO2S/c1-3-5-7-9-11-13-15-17-23-32-28-25-34-30(26-19-21-27(31)22-20-26)29(28)33-24-18-16-14-12-10-8-6-4-2/h19-22,25H,3-18,23-24,31H2,1-2H3. The first-order valence-corrected chi connectivity index (χ1v) is 14.9. The SMILES string of the molecule is CCCCCCCCCCOc1csc(-c2ccc(N)cc2)c1OCCCCCCCCCC. The van der Waals surface area contributed by atoms with Crippen LogP contribution in [0.3, 0.4) is 0 Å². The van der Waals surface area contributed by atoms with Crippen molar-refractivity contribution in [2.24, 2.45) is 0 Å². The van der Waals surface area contributed by atoms with Gasteiger partial charge in [0, 0.05) is 11.1 Å². The summed E-state index contributed by atoms with van der Waals surface area (Å²) in [6.07, 6.45) is 20.9. The molecule has 0 aliphatic carbocycles. The molecule has 0 unspecified atom stereocenters. The van der Waals surface area contributed by atoms with Gasteiger partial charge in [0.1, 0.15) is 0 Å². The third-order valence-electron chi connectivity index (χ3n) is 6.39. The molecule has 0 aliphatic rings. The molecule has 0 bridgehead atoms. The summed E-state index contributed by atoms with van der Waals surface area (Å²) in [5.41, 5.74) is 7.83. The number of benzene rings is 1. The minimum Gasteiger partial charge on any atom is -0.489 e. The van der Waals surface area contributed by atoms with E-state index in [2.05, 4.69) is 31.4 Å². The molecule has 0 saturated heterocycles. The van der Waals surface area contributed by atoms with E-state index in [-0.39, 0.29) is 0 Å². The predicted molar refractivity (Wildman–Crippen MR) is 150 cm³/mol. The fourth-order valence-electron chi connectivity index (χ4n) is 4.23. The first-order valence-electron chi connectivity index (χ1n) is 14.0. The highest BCUT2D eigenvalue weighted by Gasteiger charge is 2.16. The highest BCUT2D eigenvalue weighted by molar-refractivity contribution is 7.14. The van der Waals surface area contributed by atoms with Gasteiger partial charge in [0.05, 0.1) is 18.1 Å². The van der Waals surface area contributed by atoms with Gasteiger partial charge in [-0.15, -0.1) is 11.3 Å². The van der Waals surface area contributed by atoms with Crippen molar-refractivity contribution in [1.29, 1.82) is 0 Å². The third kappa shape index (κ3) is 11.6. The Labute approximate surface area is 213 Å². The zero-order valence-electron chi connectivity index (χ0n) is 21.9. The molecule has 1 aromatic heterocycles. The van der Waals surface area contributed by atoms with Crippen molar-refractivity contribution in [3.8, 4) is 21.9 Å². The monoisotopic (exact) mass is 487 g/mol. The van der Waals surface area contributed by atoms with Crippen LogP contribution in [0.5, 0.6) is 11.5 Å². The largest absolute Gasteiger partial charge is 0.489 e. The second kappa shape index (κ2) is 18.6. The molecule has 1 heterocycles. The number of thiophene rings is 1. The molecule has 0 spiro atoms. The van der Waals surface area contributed by atoms with Gasteiger partial charge in [-0.05, 0) is 30.5 Å². The quantitative estimate of drug-likeness (QED) is 0.141. The van der Waals surface area contributed by atoms with Gasteiger partial charge in [-0.1, -0.05) is 116 Å². The normalized spacial score (nSPS) is 11.1. The minimum absolute atomic E-state index is 0.752. The summed E-state index contributed by atoms with van der Waals surface area (Å²) < 4.78 is 12.5. The fraction of sp³-hybridized carbons (Fsp3) is 0.667. The van der Waals surface area contributed by atoms with Crippen molar-refractivity contribution in [2.45, 2.75) is 117 Å². The molecule has 4 heteroatoms. The van der Waals surface area contributed by atoms with Crippen LogP contribution in [-0.2, 0) is 0 Å². The van der Waals surface area contributed by atoms with Crippen LogP contribution in [0, 0.1) is 0 Å². The first-order chi connectivity index (χ1) is 16.8. The maximum absolute atomic E-state index is 6.33. The van der Waals surface area contributed by atoms with Gasteiger partial charge >= 0.3 is 0 Å². The van der Waals surface area contributed by atoms with Crippen molar-refractivity contribution >= 4 is 17.0 Å². The lowest BCUT2D eigenvalue weighted by Crippen LogP contribution is -2.02. The summed E-state index contributed by atoms with van der Waals surface area (Å²) in [6, 6.07) is 8.07. The summed E-state index contributed by atoms with van der Waals surface area (Å²) in [7, 11) is 0. The second-order valence-electron chi connectivity index (χ2n) is 9.53. The van der Waals surface area contributed by atoms with Gasteiger partial charge in [0.2, 0.25) is 0 Å². The molecule has 0 atom stereocenters. The molecule has 3 nitrogen and oxygen atoms in total. The Morgan fingerprint density at radius 1 is 0.618 bits per heavy atom. The lowest BCUT2D eigenvalue weighted by molar-refractivity contribution is 0.261. The number of anilines is 1. The van der Waals surface area contributed by atoms with E-state index in [0.717, 1.165) is 53.7 Å². The molecule has 2 rings (SSSR count). The molecule has 192 valence electrons. The number of hydrogen-bond acceptors (Lipinski definition) is 4. The minimum atomic E-state index is 0.752. The molecular weight excluding hydrogens is 438 g/mol. The van der Waals surface area contributed by atoms with Crippen molar-refractivity contribution in [2.75, 3.05) is 18.9 Å². The van der Waals surface area contributed by atoms with E-state index < -0.39 is 0 Å². The average molecular weight is 488 g/mol. The Kier molecular flexibility index (Phi) is 15.6. The highest BCUT2D eigenvalue weighted by atomic mass is 32.1. The summed E-state index contributed by atoms with van der Waals surface area (Å²) in [5, 5.41) is 2.11. The topological polar surface area (TPSA) is 44.5 Å². The maximum Gasteiger partial charge on any atom is 0.179 e. The second-order valence-corrected chi connectivity index (χ2v) is 10.4. The summed E-state index contributed by atoms with van der Waals surface area (Å²) >= 11 is 1.70. The third-order valence-corrected chi connectivity index (χ3v) is 7.38. The molecule has 2 N–H and O–H groups in total. The number of hydrogen-bond donors (Lipinski definition) is 1. The number of ether oxygens (including phenoxy) is 2. The van der Waals surface area contributed by atoms with E-state index in [9.17, 15) is 0 Å². The van der Waals surface area contributed by atoms with Gasteiger partial charge in [-0.25, -0.2) is 0 Å². The van der Waals surface area contributed by atoms with Crippen molar-refractivity contribution in [3.05, 3.63) is 29.6 Å². The lowest BCUT2D eigenvalue weighted by atomic mass is 10.1. The van der Waals surface area contributed by atoms with Crippen LogP contribution >= 0.6 is 11.3 Å². The van der Waals surface area contributed by atoms with E-state index in [1.54, 1.807) is 11.3 Å². The molecular formula is C30H49NO2S. The van der Waals surface area contributed by atoms with E-state index in [4.69, 9.17) is 15.2 Å². The van der Waals surface area contributed by atoms with Gasteiger partial charge in [-0.3, -0.25) is 0 Å². The first kappa shape index (κ1) is 28.6. The average Bonchev–Trinajstić information content (AvgIpc) is 3.25. The molecule has 0 radical (unpaired) electrons. The molecule has 1 aromatic carbocycles. The van der Waals surface area contributed by atoms with E-state index in [1.807, 2.05) is 12.1 Å². The number of nitrogen functional groups attached to an aromatic ring is 1. The van der Waals surface area contributed by atoms with Crippen molar-refractivity contribution in [1.82, 2.24) is 0 Å². The van der Waals surface area contributed by atoms with Crippen LogP contribution in [-0.4, -0.2) is 13.2 Å². The predicted octanol–water partition coefficient (Wildman–Crippen LogP) is 10.0. The van der Waals surface area contributed by atoms with Crippen LogP contribution in [0.4, 0.5) is 5.69 Å². The van der Waals surface area contributed by atoms with Crippen LogP contribution in [0.25, 0.3) is 10.4 Å². The van der Waals surface area contributed by atoms with Crippen LogP contribution in [0.1, 0.15) is 117 Å². The van der Waals surface area contributed by atoms with E-state index >= 15 is 0 Å². The zero-order valence-corrected chi connectivity index (χ0v) is 22.7. The van der Waals surface area contributed by atoms with Crippen molar-refractivity contribution < 1.29 is 9.47 Å². The molecule has 34 heavy (non-hydrogen) atoms. The molecule has 0 fully saturated rings. The van der Waals surface area contributed by atoms with Gasteiger partial charge in [-0.2, -0.15) is 0 Å². The van der Waals surface area contributed by atoms with Crippen LogP contribution < -0.4 is 15.2 Å². The van der Waals surface area contributed by atoms with E-state index in [1.165, 1.54) is 89.9 Å². The highest BCUT2D eigenvalue weighted by Crippen LogP contribution is 2.44. The van der Waals surface area contributed by atoms with Crippen molar-refractivity contribution in [3.63, 3.8) is 0 Å². The maximum atomic E-state index is 6.33. The summed E-state index contributed by atoms with van der Waals surface area (Å²) in [5.74, 6) is 1.82. The smallest absolute Gasteiger partial charge is 0.179 e. The van der Waals surface area contributed by atoms with Crippen LogP contribution in [0.15, 0.2) is 29.6 Å². The lowest BCUT2D eigenvalue weighted by Gasteiger charge is -2.12. The fourth-order valence-corrected chi connectivity index (χ4v) is 5.17. The molecule has 0 amide bonds.